The maximum Gasteiger partial charge on any atom is 0.490 e. The molecule has 0 saturated heterocycles. The molecule has 0 saturated carbocycles. The van der Waals surface area contributed by atoms with E-state index in [0.29, 0.717) is 27.3 Å². The number of halogens is 4. The standard InChI is InChI=1S/C16H12ClN5OS.C2HF3O2/c1-22-6-2-3-10(15(22)23)14-20-21-16(24-14)19-12-5-4-9-7-18-8-11(9)13(12)17;3-2(4,5)1(6)7/h2-6,8H,7H2,1H3,(H,19,21);(H,6,7). The van der Waals surface area contributed by atoms with Crippen molar-refractivity contribution >= 4 is 45.9 Å². The molecule has 3 heterocycles. The Bertz CT molecular complexity index is 1220. The number of carboxylic acids is 1. The average Bonchev–Trinajstić information content (AvgIpc) is 3.36. The second kappa shape index (κ2) is 8.86. The zero-order chi connectivity index (χ0) is 22.8. The minimum Gasteiger partial charge on any atom is -0.475 e. The number of aromatic nitrogens is 3. The lowest BCUT2D eigenvalue weighted by Gasteiger charge is -2.08. The monoisotopic (exact) mass is 471 g/mol. The number of pyridine rings is 1. The van der Waals surface area contributed by atoms with E-state index >= 15 is 0 Å². The van der Waals surface area contributed by atoms with Gasteiger partial charge in [-0.05, 0) is 23.8 Å². The highest BCUT2D eigenvalue weighted by Gasteiger charge is 2.38. The van der Waals surface area contributed by atoms with Gasteiger partial charge in [0.15, 0.2) is 5.01 Å². The predicted molar refractivity (Wildman–Crippen MR) is 110 cm³/mol. The lowest BCUT2D eigenvalue weighted by molar-refractivity contribution is -0.192. The van der Waals surface area contributed by atoms with Crippen molar-refractivity contribution in [1.82, 2.24) is 14.8 Å². The maximum atomic E-state index is 12.2. The molecule has 0 atom stereocenters. The molecule has 0 amide bonds. The molecule has 1 aromatic carbocycles. The van der Waals surface area contributed by atoms with Gasteiger partial charge >= 0.3 is 12.1 Å². The van der Waals surface area contributed by atoms with Crippen LogP contribution in [0.1, 0.15) is 11.1 Å². The van der Waals surface area contributed by atoms with Gasteiger partial charge in [0.25, 0.3) is 5.56 Å². The van der Waals surface area contributed by atoms with Crippen molar-refractivity contribution in [3.05, 3.63) is 57.0 Å². The zero-order valence-corrected chi connectivity index (χ0v) is 17.2. The third-order valence-corrected chi connectivity index (χ3v) is 5.29. The number of aliphatic imine (C=N–C) groups is 1. The van der Waals surface area contributed by atoms with Gasteiger partial charge < -0.3 is 15.0 Å². The van der Waals surface area contributed by atoms with Crippen LogP contribution in [0.15, 0.2) is 40.2 Å². The molecule has 31 heavy (non-hydrogen) atoms. The van der Waals surface area contributed by atoms with E-state index in [2.05, 4.69) is 20.5 Å². The Morgan fingerprint density at radius 3 is 2.68 bits per heavy atom. The van der Waals surface area contributed by atoms with Crippen molar-refractivity contribution < 1.29 is 23.1 Å². The smallest absolute Gasteiger partial charge is 0.475 e. The number of carbonyl (C=O) groups is 1. The summed E-state index contributed by atoms with van der Waals surface area (Å²) in [4.78, 5) is 25.3. The second-order valence-electron chi connectivity index (χ2n) is 6.15. The highest BCUT2D eigenvalue weighted by molar-refractivity contribution is 7.18. The second-order valence-corrected chi connectivity index (χ2v) is 7.50. The number of anilines is 2. The van der Waals surface area contributed by atoms with E-state index in [9.17, 15) is 18.0 Å². The molecule has 13 heteroatoms. The quantitative estimate of drug-likeness (QED) is 0.600. The van der Waals surface area contributed by atoms with E-state index in [1.165, 1.54) is 15.9 Å². The van der Waals surface area contributed by atoms with Gasteiger partial charge in [-0.25, -0.2) is 4.79 Å². The molecule has 1 aliphatic heterocycles. The lowest BCUT2D eigenvalue weighted by atomic mass is 10.1. The van der Waals surface area contributed by atoms with Gasteiger partial charge in [0.05, 0.1) is 22.8 Å². The van der Waals surface area contributed by atoms with E-state index < -0.39 is 12.1 Å². The van der Waals surface area contributed by atoms with E-state index in [1.54, 1.807) is 25.5 Å². The molecule has 2 aromatic heterocycles. The molecule has 0 spiro atoms. The van der Waals surface area contributed by atoms with Gasteiger partial charge in [-0.15, -0.1) is 10.2 Å². The van der Waals surface area contributed by atoms with Gasteiger partial charge in [0.2, 0.25) is 5.13 Å². The molecule has 162 valence electrons. The first kappa shape index (κ1) is 22.4. The molecule has 0 radical (unpaired) electrons. The van der Waals surface area contributed by atoms with Crippen molar-refractivity contribution in [2.45, 2.75) is 12.7 Å². The fourth-order valence-electron chi connectivity index (χ4n) is 2.50. The normalized spacial score (nSPS) is 12.2. The highest BCUT2D eigenvalue weighted by atomic mass is 35.5. The number of nitrogens with zero attached hydrogens (tertiary/aromatic N) is 4. The molecule has 0 aliphatic carbocycles. The number of hydrogen-bond donors (Lipinski definition) is 2. The van der Waals surface area contributed by atoms with Crippen molar-refractivity contribution in [1.29, 1.82) is 0 Å². The van der Waals surface area contributed by atoms with Gasteiger partial charge in [0, 0.05) is 25.0 Å². The van der Waals surface area contributed by atoms with Gasteiger partial charge in [-0.2, -0.15) is 13.2 Å². The fourth-order valence-corrected chi connectivity index (χ4v) is 3.55. The molecular formula is C18H13ClF3N5O3S. The highest BCUT2D eigenvalue weighted by Crippen LogP contribution is 2.34. The van der Waals surface area contributed by atoms with E-state index in [4.69, 9.17) is 21.5 Å². The first-order valence-corrected chi connectivity index (χ1v) is 9.65. The number of benzene rings is 1. The Balaban J connectivity index is 0.000000339. The molecule has 0 unspecified atom stereocenters. The zero-order valence-electron chi connectivity index (χ0n) is 15.6. The molecule has 4 rings (SSSR count). The molecule has 2 N–H and O–H groups in total. The summed E-state index contributed by atoms with van der Waals surface area (Å²) in [7, 11) is 1.71. The Morgan fingerprint density at radius 2 is 2.00 bits per heavy atom. The fraction of sp³-hybridized carbons (Fsp3) is 0.167. The maximum absolute atomic E-state index is 12.2. The minimum atomic E-state index is -5.08. The third kappa shape index (κ3) is 5.09. The Kier molecular flexibility index (Phi) is 6.41. The van der Waals surface area contributed by atoms with Crippen molar-refractivity contribution in [2.24, 2.45) is 12.0 Å². The third-order valence-electron chi connectivity index (χ3n) is 4.01. The van der Waals surface area contributed by atoms with Crippen LogP contribution < -0.4 is 10.9 Å². The first-order chi connectivity index (χ1) is 14.6. The summed E-state index contributed by atoms with van der Waals surface area (Å²) in [6.07, 6.45) is -1.60. The van der Waals surface area contributed by atoms with Crippen LogP contribution in [-0.2, 0) is 18.4 Å². The van der Waals surface area contributed by atoms with Gasteiger partial charge in [0.1, 0.15) is 0 Å². The summed E-state index contributed by atoms with van der Waals surface area (Å²) in [6, 6.07) is 7.44. The molecule has 3 aromatic rings. The van der Waals surface area contributed by atoms with Crippen molar-refractivity contribution in [2.75, 3.05) is 5.32 Å². The summed E-state index contributed by atoms with van der Waals surface area (Å²) < 4.78 is 33.3. The van der Waals surface area contributed by atoms with E-state index in [0.717, 1.165) is 16.8 Å². The van der Waals surface area contributed by atoms with Crippen LogP contribution in [0.4, 0.5) is 24.0 Å². The lowest BCUT2D eigenvalue weighted by Crippen LogP contribution is -2.21. The summed E-state index contributed by atoms with van der Waals surface area (Å²) in [6.45, 7) is 0.662. The first-order valence-electron chi connectivity index (χ1n) is 8.45. The van der Waals surface area contributed by atoms with Crippen LogP contribution in [-0.4, -0.2) is 38.2 Å². The molecule has 0 bridgehead atoms. The summed E-state index contributed by atoms with van der Waals surface area (Å²) in [5.74, 6) is -2.76. The molecule has 8 nitrogen and oxygen atoms in total. The SMILES string of the molecule is Cn1cccc(-c2nnc(Nc3ccc4c(c3Cl)C=NC4)s2)c1=O.O=C(O)C(F)(F)F. The van der Waals surface area contributed by atoms with Crippen LogP contribution >= 0.6 is 22.9 Å². The van der Waals surface area contributed by atoms with Crippen LogP contribution in [0.2, 0.25) is 5.02 Å². The van der Waals surface area contributed by atoms with Crippen LogP contribution in [0, 0.1) is 0 Å². The average molecular weight is 472 g/mol. The van der Waals surface area contributed by atoms with E-state index in [1.807, 2.05) is 18.2 Å². The van der Waals surface area contributed by atoms with Crippen LogP contribution in [0.25, 0.3) is 10.6 Å². The number of aryl methyl sites for hydroxylation is 1. The topological polar surface area (TPSA) is 109 Å². The van der Waals surface area contributed by atoms with Gasteiger partial charge in [-0.3, -0.25) is 9.79 Å². The molecule has 0 fully saturated rings. The van der Waals surface area contributed by atoms with Crippen LogP contribution in [0.3, 0.4) is 0 Å². The minimum absolute atomic E-state index is 0.105. The number of hydrogen-bond acceptors (Lipinski definition) is 7. The van der Waals surface area contributed by atoms with Crippen molar-refractivity contribution in [3.8, 4) is 10.6 Å². The predicted octanol–water partition coefficient (Wildman–Crippen LogP) is 3.87. The van der Waals surface area contributed by atoms with Gasteiger partial charge in [-0.1, -0.05) is 29.0 Å². The Morgan fingerprint density at radius 1 is 1.29 bits per heavy atom. The number of carboxylic acid groups (broad SMARTS) is 1. The Hall–Kier alpha value is -3.25. The summed E-state index contributed by atoms with van der Waals surface area (Å²) in [5.41, 5.74) is 3.21. The van der Waals surface area contributed by atoms with Crippen molar-refractivity contribution in [3.63, 3.8) is 0 Å². The molecule has 1 aliphatic rings. The van der Waals surface area contributed by atoms with E-state index in [-0.39, 0.29) is 5.56 Å². The summed E-state index contributed by atoms with van der Waals surface area (Å²) >= 11 is 7.73. The summed E-state index contributed by atoms with van der Waals surface area (Å²) in [5, 5.41) is 20.3. The van der Waals surface area contributed by atoms with Crippen LogP contribution in [0.5, 0.6) is 0 Å². The Labute approximate surface area is 181 Å². The number of aliphatic carboxylic acids is 1. The number of rotatable bonds is 3. The number of alkyl halides is 3. The number of nitrogens with one attached hydrogen (secondary N) is 1. The number of fused-ring (bicyclic) bond motifs is 1. The molecular weight excluding hydrogens is 459 g/mol. The largest absolute Gasteiger partial charge is 0.490 e.